The molecule has 164 valence electrons. The van der Waals surface area contributed by atoms with Crippen molar-refractivity contribution in [2.75, 3.05) is 11.9 Å². The molecule has 1 aromatic carbocycles. The number of pyridine rings is 1. The van der Waals surface area contributed by atoms with Crippen molar-refractivity contribution in [2.45, 2.75) is 18.9 Å². The molecular formula is C21H18ClF2N6O2+. The average Bonchev–Trinajstić information content (AvgIpc) is 2.77. The van der Waals surface area contributed by atoms with Gasteiger partial charge < -0.3 is 10.6 Å². The van der Waals surface area contributed by atoms with Crippen molar-refractivity contribution >= 4 is 23.5 Å². The first-order valence-corrected chi connectivity index (χ1v) is 9.75. The zero-order valence-corrected chi connectivity index (χ0v) is 17.4. The molecule has 0 fully saturated rings. The lowest BCUT2D eigenvalue weighted by Gasteiger charge is -2.14. The van der Waals surface area contributed by atoms with E-state index in [0.717, 1.165) is 24.0 Å². The highest BCUT2D eigenvalue weighted by molar-refractivity contribution is 6.30. The second kappa shape index (κ2) is 9.98. The van der Waals surface area contributed by atoms with Gasteiger partial charge in [0.2, 0.25) is 18.1 Å². The van der Waals surface area contributed by atoms with E-state index in [2.05, 4.69) is 20.6 Å². The Bertz CT molecular complexity index is 1170. The van der Waals surface area contributed by atoms with E-state index in [1.165, 1.54) is 12.1 Å². The quantitative estimate of drug-likeness (QED) is 0.352. The average molecular weight is 460 g/mol. The van der Waals surface area contributed by atoms with Crippen LogP contribution in [-0.2, 0) is 23.7 Å². The van der Waals surface area contributed by atoms with Crippen molar-refractivity contribution in [1.82, 2.24) is 15.3 Å². The molecule has 0 unspecified atom stereocenters. The Hall–Kier alpha value is -3.84. The fourth-order valence-electron chi connectivity index (χ4n) is 2.80. The number of rotatable bonds is 8. The van der Waals surface area contributed by atoms with Crippen molar-refractivity contribution in [3.8, 4) is 6.07 Å². The number of nitrogens with one attached hydrogen (secondary N) is 2. The minimum Gasteiger partial charge on any atom is -0.352 e. The maximum atomic E-state index is 14.4. The van der Waals surface area contributed by atoms with Crippen molar-refractivity contribution in [2.24, 2.45) is 0 Å². The monoisotopic (exact) mass is 459 g/mol. The molecule has 3 rings (SSSR count). The largest absolute Gasteiger partial charge is 0.352 e. The number of hydrogen-bond donors (Lipinski definition) is 3. The van der Waals surface area contributed by atoms with Crippen LogP contribution in [0.15, 0.2) is 54.9 Å². The molecule has 1 amide bonds. The normalized spacial score (nSPS) is 10.9. The van der Waals surface area contributed by atoms with Gasteiger partial charge in [-0.25, -0.2) is 9.97 Å². The second-order valence-electron chi connectivity index (χ2n) is 6.74. The number of anilines is 1. The summed E-state index contributed by atoms with van der Waals surface area (Å²) < 4.78 is 29.2. The highest BCUT2D eigenvalue weighted by Crippen LogP contribution is 2.25. The van der Waals surface area contributed by atoms with Crippen LogP contribution in [-0.4, -0.2) is 27.6 Å². The Morgan fingerprint density at radius 2 is 2.09 bits per heavy atom. The summed E-state index contributed by atoms with van der Waals surface area (Å²) in [7, 11) is 0. The van der Waals surface area contributed by atoms with Crippen LogP contribution in [0.5, 0.6) is 0 Å². The van der Waals surface area contributed by atoms with Crippen LogP contribution in [0.3, 0.4) is 0 Å². The van der Waals surface area contributed by atoms with Crippen LogP contribution in [0.4, 0.5) is 14.7 Å². The third-order valence-corrected chi connectivity index (χ3v) is 4.61. The minimum atomic E-state index is -3.44. The van der Waals surface area contributed by atoms with Gasteiger partial charge in [0.15, 0.2) is 0 Å². The van der Waals surface area contributed by atoms with E-state index in [0.29, 0.717) is 9.75 Å². The first-order chi connectivity index (χ1) is 15.3. The molecule has 3 aromatic rings. The summed E-state index contributed by atoms with van der Waals surface area (Å²) in [5, 5.41) is 24.5. The Morgan fingerprint density at radius 1 is 1.28 bits per heavy atom. The number of hydrogen-bond acceptors (Lipinski definition) is 6. The summed E-state index contributed by atoms with van der Waals surface area (Å²) in [6.45, 7) is -0.689. The van der Waals surface area contributed by atoms with Crippen LogP contribution < -0.4 is 15.4 Å². The van der Waals surface area contributed by atoms with Crippen molar-refractivity contribution in [3.05, 3.63) is 82.4 Å². The van der Waals surface area contributed by atoms with Gasteiger partial charge in [0.1, 0.15) is 6.07 Å². The summed E-state index contributed by atoms with van der Waals surface area (Å²) in [6.07, 6.45) is 2.00. The number of amides is 1. The molecule has 0 aliphatic heterocycles. The van der Waals surface area contributed by atoms with Crippen molar-refractivity contribution < 1.29 is 23.5 Å². The van der Waals surface area contributed by atoms with Crippen LogP contribution in [0.1, 0.15) is 22.5 Å². The Labute approximate surface area is 187 Å². The highest BCUT2D eigenvalue weighted by Gasteiger charge is 2.41. The van der Waals surface area contributed by atoms with E-state index in [1.807, 2.05) is 6.07 Å². The minimum absolute atomic E-state index is 0.0523. The Kier molecular flexibility index (Phi) is 7.12. The highest BCUT2D eigenvalue weighted by atomic mass is 35.5. The summed E-state index contributed by atoms with van der Waals surface area (Å²) in [5.41, 5.74) is 0.313. The lowest BCUT2D eigenvalue weighted by Crippen LogP contribution is -2.43. The lowest BCUT2D eigenvalue weighted by molar-refractivity contribution is -0.913. The second-order valence-corrected chi connectivity index (χ2v) is 7.17. The SMILES string of the molecule is N#Cc1cnc(NCC(F)(F)c2cccc[n+]2O)nc1CC(=O)NCc1cccc(Cl)c1. The Morgan fingerprint density at radius 3 is 2.81 bits per heavy atom. The number of carbonyl (C=O) groups excluding carboxylic acids is 1. The van der Waals surface area contributed by atoms with Crippen LogP contribution in [0, 0.1) is 11.3 Å². The van der Waals surface area contributed by atoms with Gasteiger partial charge >= 0.3 is 11.6 Å². The number of benzene rings is 1. The molecule has 11 heteroatoms. The molecule has 32 heavy (non-hydrogen) atoms. The van der Waals surface area contributed by atoms with E-state index in [-0.39, 0.29) is 30.2 Å². The molecule has 2 aromatic heterocycles. The van der Waals surface area contributed by atoms with Crippen LogP contribution in [0.2, 0.25) is 5.02 Å². The molecular weight excluding hydrogens is 442 g/mol. The van der Waals surface area contributed by atoms with E-state index < -0.39 is 24.1 Å². The number of alkyl halides is 2. The zero-order chi connectivity index (χ0) is 23.1. The van der Waals surface area contributed by atoms with Gasteiger partial charge in [-0.3, -0.25) is 10.0 Å². The van der Waals surface area contributed by atoms with Crippen molar-refractivity contribution in [1.29, 1.82) is 5.26 Å². The van der Waals surface area contributed by atoms with E-state index in [1.54, 1.807) is 24.3 Å². The molecule has 0 bridgehead atoms. The molecule has 0 aliphatic rings. The van der Waals surface area contributed by atoms with Crippen LogP contribution >= 0.6 is 11.6 Å². The van der Waals surface area contributed by atoms with E-state index in [4.69, 9.17) is 11.6 Å². The van der Waals surface area contributed by atoms with Gasteiger partial charge in [-0.2, -0.15) is 14.0 Å². The zero-order valence-electron chi connectivity index (χ0n) is 16.6. The first-order valence-electron chi connectivity index (χ1n) is 9.38. The molecule has 0 spiro atoms. The van der Waals surface area contributed by atoms with Gasteiger partial charge in [-0.05, 0) is 23.8 Å². The fraction of sp³-hybridized carbons (Fsp3) is 0.190. The first kappa shape index (κ1) is 22.8. The van der Waals surface area contributed by atoms with E-state index >= 15 is 0 Å². The molecule has 8 nitrogen and oxygen atoms in total. The number of nitriles is 1. The third-order valence-electron chi connectivity index (χ3n) is 4.38. The standard InChI is InChI=1S/C21H17ClF2N6O2/c22-16-5-3-4-14(8-16)11-26-19(31)9-17-15(10-25)12-27-20(29-17)28-13-21(23,24)18-6-1-2-7-30(18)32/h1-8,12H,9,11,13H2,(H2-,26,27,28,29,31,32)/p+1. The van der Waals surface area contributed by atoms with Crippen LogP contribution in [0.25, 0.3) is 0 Å². The lowest BCUT2D eigenvalue weighted by atomic mass is 10.1. The predicted molar refractivity (Wildman–Crippen MR) is 110 cm³/mol. The number of halogens is 3. The molecule has 2 heterocycles. The molecule has 0 radical (unpaired) electrons. The summed E-state index contributed by atoms with van der Waals surface area (Å²) in [6, 6.07) is 12.7. The van der Waals surface area contributed by atoms with Gasteiger partial charge in [-0.1, -0.05) is 23.7 Å². The maximum absolute atomic E-state index is 14.4. The number of aromatic nitrogens is 3. The molecule has 0 saturated heterocycles. The number of carbonyl (C=O) groups is 1. The molecule has 0 saturated carbocycles. The van der Waals surface area contributed by atoms with E-state index in [9.17, 15) is 24.0 Å². The van der Waals surface area contributed by atoms with Gasteiger partial charge in [0, 0.05) is 28.4 Å². The third kappa shape index (κ3) is 5.86. The molecule has 3 N–H and O–H groups in total. The smallest absolute Gasteiger partial charge is 0.351 e. The summed E-state index contributed by atoms with van der Waals surface area (Å²) >= 11 is 5.92. The van der Waals surface area contributed by atoms with Crippen molar-refractivity contribution in [3.63, 3.8) is 0 Å². The van der Waals surface area contributed by atoms with Gasteiger partial charge in [0.25, 0.3) is 0 Å². The maximum Gasteiger partial charge on any atom is 0.351 e. The topological polar surface area (TPSA) is 115 Å². The molecule has 0 aliphatic carbocycles. The predicted octanol–water partition coefficient (Wildman–Crippen LogP) is 2.59. The van der Waals surface area contributed by atoms with Gasteiger partial charge in [0.05, 0.1) is 30.4 Å². The molecule has 0 atom stereocenters. The number of nitrogens with zero attached hydrogens (tertiary/aromatic N) is 4. The van der Waals surface area contributed by atoms with Gasteiger partial charge in [-0.15, -0.1) is 0 Å². The Balaban J connectivity index is 1.66. The summed E-state index contributed by atoms with van der Waals surface area (Å²) in [5.74, 6) is -4.04. The fourth-order valence-corrected chi connectivity index (χ4v) is 3.01. The summed E-state index contributed by atoms with van der Waals surface area (Å²) in [4.78, 5) is 20.2.